The van der Waals surface area contributed by atoms with Crippen LogP contribution in [0, 0.1) is 0 Å². The molecule has 0 spiro atoms. The topological polar surface area (TPSA) is 97.3 Å². The average molecular weight is 667 g/mol. The third kappa shape index (κ3) is 11.3. The van der Waals surface area contributed by atoms with E-state index in [4.69, 9.17) is 9.84 Å². The summed E-state index contributed by atoms with van der Waals surface area (Å²) >= 11 is 0. The van der Waals surface area contributed by atoms with Crippen molar-refractivity contribution in [2.24, 2.45) is 0 Å². The lowest BCUT2D eigenvalue weighted by Crippen LogP contribution is -2.39. The van der Waals surface area contributed by atoms with E-state index < -0.39 is 42.2 Å². The average Bonchev–Trinajstić information content (AvgIpc) is 2.99. The van der Waals surface area contributed by atoms with Gasteiger partial charge in [-0.25, -0.2) is 0 Å². The van der Waals surface area contributed by atoms with Gasteiger partial charge in [-0.05, 0) is 97.3 Å². The number of allylic oxidation sites excluding steroid dienone is 6. The molecular formula is C33H32F6N2O6. The van der Waals surface area contributed by atoms with Gasteiger partial charge in [0.05, 0.1) is 12.5 Å². The first-order valence-corrected chi connectivity index (χ1v) is 14.1. The first kappa shape index (κ1) is 36.3. The number of amides is 1. The predicted octanol–water partition coefficient (Wildman–Crippen LogP) is 7.39. The van der Waals surface area contributed by atoms with Crippen LogP contribution in [0.1, 0.15) is 36.2 Å². The highest BCUT2D eigenvalue weighted by Crippen LogP contribution is 2.34. The number of benzene rings is 2. The number of rotatable bonds is 13. The van der Waals surface area contributed by atoms with E-state index in [-0.39, 0.29) is 25.1 Å². The number of hydrogen-bond donors (Lipinski definition) is 2. The van der Waals surface area contributed by atoms with Crippen molar-refractivity contribution in [3.05, 3.63) is 113 Å². The second-order valence-electron chi connectivity index (χ2n) is 9.92. The van der Waals surface area contributed by atoms with Crippen molar-refractivity contribution in [3.63, 3.8) is 0 Å². The van der Waals surface area contributed by atoms with Crippen LogP contribution in [-0.4, -0.2) is 60.8 Å². The number of nitrogens with zero attached hydrogens (tertiary/aromatic N) is 1. The quantitative estimate of drug-likeness (QED) is 0.131. The van der Waals surface area contributed by atoms with Crippen molar-refractivity contribution in [2.45, 2.75) is 39.0 Å². The van der Waals surface area contributed by atoms with Crippen molar-refractivity contribution in [2.75, 3.05) is 20.2 Å². The number of carbonyl (C=O) groups excluding carboxylic acids is 1. The summed E-state index contributed by atoms with van der Waals surface area (Å²) in [6, 6.07) is 10.9. The van der Waals surface area contributed by atoms with E-state index >= 15 is 0 Å². The lowest BCUT2D eigenvalue weighted by molar-refractivity contribution is -0.303. The van der Waals surface area contributed by atoms with Gasteiger partial charge in [0.25, 0.3) is 5.91 Å². The zero-order valence-electron chi connectivity index (χ0n) is 25.5. The van der Waals surface area contributed by atoms with Gasteiger partial charge in [-0.3, -0.25) is 9.59 Å². The molecule has 1 amide bonds. The third-order valence-electron chi connectivity index (χ3n) is 6.75. The fraction of sp³-hybridized carbons (Fsp3) is 0.273. The summed E-state index contributed by atoms with van der Waals surface area (Å²) < 4.78 is 90.5. The minimum Gasteiger partial charge on any atom is -0.491 e. The summed E-state index contributed by atoms with van der Waals surface area (Å²) in [6.07, 6.45) is -0.974. The van der Waals surface area contributed by atoms with Gasteiger partial charge in [-0.1, -0.05) is 18.2 Å². The van der Waals surface area contributed by atoms with Crippen LogP contribution in [0.15, 0.2) is 102 Å². The number of aliphatic carboxylic acids is 1. The largest absolute Gasteiger partial charge is 0.573 e. The lowest BCUT2D eigenvalue weighted by atomic mass is 9.92. The number of alkyl halides is 6. The minimum absolute atomic E-state index is 0.0137. The van der Waals surface area contributed by atoms with Gasteiger partial charge in [-0.2, -0.15) is 0 Å². The molecule has 2 aromatic carbocycles. The summed E-state index contributed by atoms with van der Waals surface area (Å²) in [5.74, 6) is -1.93. The molecule has 14 heteroatoms. The molecule has 1 aliphatic rings. The first-order valence-electron chi connectivity index (χ1n) is 14.1. The second-order valence-corrected chi connectivity index (χ2v) is 9.92. The summed E-state index contributed by atoms with van der Waals surface area (Å²) in [6.45, 7) is 3.08. The van der Waals surface area contributed by atoms with Crippen LogP contribution >= 0.6 is 0 Å². The Balaban J connectivity index is 1.88. The Labute approximate surface area is 266 Å². The molecule has 0 saturated carbocycles. The molecule has 2 N–H and O–H groups in total. The molecule has 0 fully saturated rings. The SMILES string of the molecule is C\C=C(/C=C\C(=C/C)C1=CC=C(c2ccc(OC(F)(F)F)cc2)N(C)C1COc1ccc(C(=O)NCCC(=O)O)cc1)OC(F)(F)F. The molecule has 47 heavy (non-hydrogen) atoms. The molecule has 252 valence electrons. The molecule has 1 aliphatic heterocycles. The molecule has 1 heterocycles. The number of halogens is 6. The van der Waals surface area contributed by atoms with E-state index in [1.54, 1.807) is 44.3 Å². The second kappa shape index (κ2) is 15.9. The lowest BCUT2D eigenvalue weighted by Gasteiger charge is -2.37. The summed E-state index contributed by atoms with van der Waals surface area (Å²) in [5, 5.41) is 11.2. The Hall–Kier alpha value is -5.14. The number of hydrogen-bond acceptors (Lipinski definition) is 6. The summed E-state index contributed by atoms with van der Waals surface area (Å²) in [5.41, 5.74) is 2.66. The molecular weight excluding hydrogens is 634 g/mol. The fourth-order valence-electron chi connectivity index (χ4n) is 4.51. The van der Waals surface area contributed by atoms with Crippen LogP contribution < -0.4 is 14.8 Å². The van der Waals surface area contributed by atoms with Crippen molar-refractivity contribution >= 4 is 17.6 Å². The Morgan fingerprint density at radius 3 is 2.09 bits per heavy atom. The number of nitrogens with one attached hydrogen (secondary N) is 1. The first-order chi connectivity index (χ1) is 22.1. The van der Waals surface area contributed by atoms with E-state index in [2.05, 4.69) is 14.8 Å². The van der Waals surface area contributed by atoms with E-state index in [1.807, 2.05) is 4.90 Å². The van der Waals surface area contributed by atoms with Gasteiger partial charge in [-0.15, -0.1) is 26.3 Å². The van der Waals surface area contributed by atoms with E-state index in [0.717, 1.165) is 0 Å². The Bertz CT molecular complexity index is 1560. The standard InChI is InChI=1S/C33H32F6N2O6/c1-4-21(6-11-24(5-2)46-32(34,35)36)27-16-17-28(22-7-14-26(15-8-22)47-33(37,38)39)41(3)29(27)20-45-25-12-9-23(10-13-25)31(44)40-19-18-30(42)43/h4-17,29H,18-20H2,1-3H3,(H,40,44)(H,42,43)/b11-6-,21-4+,24-5+. The Kier molecular flexibility index (Phi) is 12.3. The van der Waals surface area contributed by atoms with Gasteiger partial charge < -0.3 is 29.5 Å². The number of carboxylic acid groups (broad SMARTS) is 1. The monoisotopic (exact) mass is 666 g/mol. The minimum atomic E-state index is -4.88. The molecule has 0 aromatic heterocycles. The molecule has 1 unspecified atom stereocenters. The van der Waals surface area contributed by atoms with Crippen LogP contribution in [-0.2, 0) is 9.53 Å². The summed E-state index contributed by atoms with van der Waals surface area (Å²) in [7, 11) is 1.73. The van der Waals surface area contributed by atoms with Gasteiger partial charge in [0.15, 0.2) is 0 Å². The molecule has 1 atom stereocenters. The third-order valence-corrected chi connectivity index (χ3v) is 6.75. The van der Waals surface area contributed by atoms with Crippen molar-refractivity contribution in [1.82, 2.24) is 10.2 Å². The number of carbonyl (C=O) groups is 2. The maximum absolute atomic E-state index is 12.8. The fourth-order valence-corrected chi connectivity index (χ4v) is 4.51. The van der Waals surface area contributed by atoms with Crippen molar-refractivity contribution < 1.29 is 55.2 Å². The molecule has 0 aliphatic carbocycles. The van der Waals surface area contributed by atoms with Gasteiger partial charge in [0.1, 0.15) is 23.9 Å². The number of carboxylic acids is 1. The molecule has 2 aromatic rings. The molecule has 0 radical (unpaired) electrons. The van der Waals surface area contributed by atoms with Crippen LogP contribution in [0.4, 0.5) is 26.3 Å². The van der Waals surface area contributed by atoms with Crippen molar-refractivity contribution in [1.29, 1.82) is 0 Å². The predicted molar refractivity (Wildman–Crippen MR) is 161 cm³/mol. The van der Waals surface area contributed by atoms with Crippen LogP contribution in [0.25, 0.3) is 5.70 Å². The van der Waals surface area contributed by atoms with E-state index in [0.29, 0.717) is 28.2 Å². The molecule has 0 bridgehead atoms. The van der Waals surface area contributed by atoms with Crippen LogP contribution in [0.5, 0.6) is 11.5 Å². The van der Waals surface area contributed by atoms with Crippen LogP contribution in [0.3, 0.4) is 0 Å². The molecule has 0 saturated heterocycles. The maximum atomic E-state index is 12.8. The Morgan fingerprint density at radius 1 is 0.894 bits per heavy atom. The number of likely N-dealkylation sites (N-methyl/N-ethyl adjacent to an activating group) is 1. The highest BCUT2D eigenvalue weighted by Gasteiger charge is 2.32. The van der Waals surface area contributed by atoms with Gasteiger partial charge in [0, 0.05) is 24.9 Å². The Morgan fingerprint density at radius 2 is 1.53 bits per heavy atom. The summed E-state index contributed by atoms with van der Waals surface area (Å²) in [4.78, 5) is 24.8. The van der Waals surface area contributed by atoms with Gasteiger partial charge in [0.2, 0.25) is 0 Å². The smallest absolute Gasteiger partial charge is 0.491 e. The zero-order valence-corrected chi connectivity index (χ0v) is 25.5. The molecule has 8 nitrogen and oxygen atoms in total. The number of ether oxygens (including phenoxy) is 3. The molecule has 3 rings (SSSR count). The highest BCUT2D eigenvalue weighted by molar-refractivity contribution is 5.94. The van der Waals surface area contributed by atoms with Gasteiger partial charge >= 0.3 is 18.7 Å². The van der Waals surface area contributed by atoms with E-state index in [1.165, 1.54) is 61.5 Å². The zero-order chi connectivity index (χ0) is 34.8. The normalized spacial score (nSPS) is 16.0. The van der Waals surface area contributed by atoms with E-state index in [9.17, 15) is 35.9 Å². The van der Waals surface area contributed by atoms with Crippen molar-refractivity contribution in [3.8, 4) is 11.5 Å². The maximum Gasteiger partial charge on any atom is 0.573 e. The highest BCUT2D eigenvalue weighted by atomic mass is 19.4. The van der Waals surface area contributed by atoms with Crippen LogP contribution in [0.2, 0.25) is 0 Å².